The fraction of sp³-hybridized carbons (Fsp3) is 0.472. The molecule has 1 saturated heterocycles. The van der Waals surface area contributed by atoms with Gasteiger partial charge in [0.05, 0.1) is 76.7 Å². The third-order valence-electron chi connectivity index (χ3n) is 19.0. The number of fused-ring (bicyclic) bond motifs is 5. The van der Waals surface area contributed by atoms with Crippen LogP contribution in [-0.4, -0.2) is 242 Å². The molecule has 0 bridgehead atoms. The van der Waals surface area contributed by atoms with Crippen molar-refractivity contribution in [3.8, 4) is 29.1 Å². The van der Waals surface area contributed by atoms with Crippen LogP contribution in [0.5, 0.6) is 17.2 Å². The maximum absolute atomic E-state index is 14.6. The maximum atomic E-state index is 14.6. The van der Waals surface area contributed by atoms with E-state index in [-0.39, 0.29) is 123 Å². The van der Waals surface area contributed by atoms with Gasteiger partial charge in [-0.2, -0.15) is 17.0 Å². The Bertz CT molecular complexity index is 5580. The van der Waals surface area contributed by atoms with Crippen LogP contribution in [0.3, 0.4) is 0 Å². The topological polar surface area (TPSA) is 624 Å². The highest BCUT2D eigenvalue weighted by Gasteiger charge is 2.44. The van der Waals surface area contributed by atoms with Crippen LogP contribution in [0, 0.1) is 11.8 Å². The summed E-state index contributed by atoms with van der Waals surface area (Å²) in [4.78, 5) is 121. The second-order valence-corrected chi connectivity index (χ2v) is 38.0. The smallest absolute Gasteiger partial charge is 0.490 e. The molecule has 664 valence electrons. The van der Waals surface area contributed by atoms with E-state index in [1.54, 1.807) is 42.3 Å². The molecule has 4 aliphatic rings. The Balaban J connectivity index is 0.598. The molecule has 44 nitrogen and oxygen atoms in total. The lowest BCUT2D eigenvalue weighted by Gasteiger charge is -2.34. The molecule has 6 atom stereocenters. The lowest BCUT2D eigenvalue weighted by molar-refractivity contribution is -0.126. The number of nitrogen functional groups attached to an aromatic ring is 1. The van der Waals surface area contributed by atoms with Gasteiger partial charge in [0.25, 0.3) is 21.9 Å². The van der Waals surface area contributed by atoms with E-state index in [1.807, 2.05) is 35.2 Å². The lowest BCUT2D eigenvalue weighted by Crippen LogP contribution is -2.40. The van der Waals surface area contributed by atoms with Gasteiger partial charge in [-0.05, 0) is 78.7 Å². The summed E-state index contributed by atoms with van der Waals surface area (Å²) in [6, 6.07) is 21.3. The normalized spacial score (nSPS) is 16.7. The van der Waals surface area contributed by atoms with Crippen LogP contribution in [0.1, 0.15) is 107 Å². The largest absolute Gasteiger partial charge is 0.748 e. The highest BCUT2D eigenvalue weighted by Crippen LogP contribution is 2.66. The molecule has 4 amide bonds. The zero-order chi connectivity index (χ0) is 88.5. The molecular formula is C72H90N17O27P3S4. The number of anilines is 3. The second-order valence-electron chi connectivity index (χ2n) is 27.8. The zero-order valence-corrected chi connectivity index (χ0v) is 72.0. The molecule has 0 radical (unpaired) electrons. The van der Waals surface area contributed by atoms with Gasteiger partial charge in [0, 0.05) is 157 Å². The summed E-state index contributed by atoms with van der Waals surface area (Å²) in [6.07, 6.45) is 1.31. The Labute approximate surface area is 712 Å². The van der Waals surface area contributed by atoms with Gasteiger partial charge in [-0.3, -0.25) is 33.0 Å². The summed E-state index contributed by atoms with van der Waals surface area (Å²) in [5, 5.41) is 20.5. The number of nitrogens with two attached hydrogens (primary N) is 1. The van der Waals surface area contributed by atoms with Crippen molar-refractivity contribution < 1.29 is 125 Å². The average molecular weight is 1850 g/mol. The minimum Gasteiger partial charge on any atom is -0.748 e. The number of phosphoric acid groups is 3. The van der Waals surface area contributed by atoms with Gasteiger partial charge >= 0.3 is 23.5 Å². The number of carbonyl (C=O) groups is 5. The van der Waals surface area contributed by atoms with Crippen molar-refractivity contribution in [1.82, 2.24) is 40.0 Å². The molecule has 1 fully saturated rings. The third kappa shape index (κ3) is 29.4. The fourth-order valence-corrected chi connectivity index (χ4v) is 19.5. The highest BCUT2D eigenvalue weighted by molar-refractivity contribution is 8.76. The molecule has 0 spiro atoms. The van der Waals surface area contributed by atoms with Crippen molar-refractivity contribution in [2.45, 2.75) is 88.9 Å². The number of nitrogens with one attached hydrogen (secondary N) is 4. The van der Waals surface area contributed by atoms with Crippen LogP contribution < -0.4 is 56.5 Å². The Morgan fingerprint density at radius 2 is 1.69 bits per heavy atom. The van der Waals surface area contributed by atoms with Crippen LogP contribution >= 0.6 is 45.1 Å². The van der Waals surface area contributed by atoms with Gasteiger partial charge in [-0.25, -0.2) is 36.7 Å². The predicted octanol–water partition coefficient (Wildman–Crippen LogP) is 5.27. The van der Waals surface area contributed by atoms with Crippen molar-refractivity contribution >= 4 is 129 Å². The summed E-state index contributed by atoms with van der Waals surface area (Å²) < 4.78 is 154. The van der Waals surface area contributed by atoms with E-state index in [4.69, 9.17) is 54.0 Å². The summed E-state index contributed by atoms with van der Waals surface area (Å²) in [5.41, 5.74) is 29.9. The number of benzene rings is 4. The number of nitrogens with zero attached hydrogens (tertiary/aromatic N) is 12. The Kier molecular flexibility index (Phi) is 35.1. The van der Waals surface area contributed by atoms with Gasteiger partial charge in [0.2, 0.25) is 17.2 Å². The monoisotopic (exact) mass is 1850 g/mol. The first kappa shape index (κ1) is 95.9. The number of aromatic nitrogens is 3. The zero-order valence-electron chi connectivity index (χ0n) is 66.0. The Morgan fingerprint density at radius 1 is 0.886 bits per heavy atom. The molecule has 0 aliphatic carbocycles. The van der Waals surface area contributed by atoms with Crippen LogP contribution in [0.15, 0.2) is 95.5 Å². The molecule has 4 unspecified atom stereocenters. The van der Waals surface area contributed by atoms with E-state index in [0.29, 0.717) is 105 Å². The van der Waals surface area contributed by atoms with E-state index < -0.39 is 112 Å². The number of ketones is 1. The quantitative estimate of drug-likeness (QED) is 0.00267. The average Bonchev–Trinajstić information content (AvgIpc) is 1.50. The molecule has 11 N–H and O–H groups in total. The molecule has 10 rings (SSSR count). The van der Waals surface area contributed by atoms with Gasteiger partial charge in [-0.15, -0.1) is 0 Å². The number of hydrogen-bond acceptors (Lipinski definition) is 31. The molecule has 4 aromatic carbocycles. The standard InChI is InChI=1S/C72H90N17O27P3S4/c1-86(72(94)53-17-3-2-16-52(53)68-54-36-47-13-7-25-87(26-9-33-122(102,103)104)57(47)38-59(54)113-60-39-58-56(37-55(60)68)76-22-28-88(58)27-10-34-123(105,106)107)24-8-18-63(91)78-23-32-121-120-31-19-50(90)14-6-21-79-71(93)48-11-4-15-51(35-48)110-44-65(83-85-75)109-30-29-108-43-64(92)77-20-5-12-49-41-89(70-67(49)69(73)80-45-81-70)66-40-61(111-46-82-84-74)62(114-66)42-112-118(98,99)116-119(100,101)115-117(95,96)97/h2-4,11,15-17,35-39,41,45,61-62,65-66H,6-10,13-14,18-34,40,42-44,46H2,1H3,(H11-,73,76,77,78,79,80,81,91,92,93,94,95,96,97,98,99,100,101,102,103,104,105,106,107)/t61?,62-,65?,66-/m1/s1. The molecule has 0 saturated carbocycles. The van der Waals surface area contributed by atoms with Crippen LogP contribution in [-0.2, 0) is 86.8 Å². The Hall–Kier alpha value is -9.33. The summed E-state index contributed by atoms with van der Waals surface area (Å²) >= 11 is 0. The van der Waals surface area contributed by atoms with E-state index in [0.717, 1.165) is 45.8 Å². The van der Waals surface area contributed by atoms with Crippen molar-refractivity contribution in [1.29, 1.82) is 0 Å². The van der Waals surface area contributed by atoms with Crippen molar-refractivity contribution in [3.63, 3.8) is 0 Å². The van der Waals surface area contributed by atoms with Gasteiger partial charge in [0.1, 0.15) is 86.2 Å². The van der Waals surface area contributed by atoms with Crippen LogP contribution in [0.2, 0.25) is 0 Å². The van der Waals surface area contributed by atoms with Gasteiger partial charge < -0.3 is 93.9 Å². The molecule has 51 heteroatoms. The van der Waals surface area contributed by atoms with Crippen LogP contribution in [0.4, 0.5) is 17.2 Å². The van der Waals surface area contributed by atoms with Gasteiger partial charge in [0.15, 0.2) is 6.23 Å². The first-order chi connectivity index (χ1) is 58.6. The molecule has 123 heavy (non-hydrogen) atoms. The first-order valence-electron chi connectivity index (χ1n) is 38.2. The number of azide groups is 2. The minimum absolute atomic E-state index is 0.00484. The van der Waals surface area contributed by atoms with Crippen molar-refractivity contribution in [3.05, 3.63) is 150 Å². The third-order valence-corrected chi connectivity index (χ3v) is 26.8. The number of phosphoric ester groups is 1. The number of ether oxygens (including phenoxy) is 6. The number of hydrogen-bond donors (Lipinski definition) is 10. The minimum atomic E-state index is -5.84. The Morgan fingerprint density at radius 3 is 2.47 bits per heavy atom. The van der Waals surface area contributed by atoms with Crippen LogP contribution in [0.25, 0.3) is 37.5 Å². The number of amides is 4. The number of aryl methyl sites for hydroxylation is 1. The first-order valence-corrected chi connectivity index (χ1v) is 48.4. The molecule has 2 aromatic heterocycles. The maximum Gasteiger partial charge on any atom is 0.490 e. The highest BCUT2D eigenvalue weighted by atomic mass is 33.1. The number of carbonyl (C=O) groups excluding carboxylic acids is 5. The molecule has 4 aliphatic heterocycles. The molecule has 6 heterocycles. The van der Waals surface area contributed by atoms with Crippen molar-refractivity contribution in [2.24, 2.45) is 10.2 Å². The summed E-state index contributed by atoms with van der Waals surface area (Å²) in [7, 11) is -21.0. The fourth-order valence-electron chi connectivity index (χ4n) is 13.6. The number of Topliss-reactive ketones (excluding diaryl/α,β-unsaturated/α-hetero) is 1. The van der Waals surface area contributed by atoms with E-state index in [1.165, 1.54) is 38.4 Å². The SMILES string of the molecule is CN(CCCC(=O)NCCSSCCC(=O)CCCNC(=O)c1cccc(OCC(N=[N+]=[N-])OCCOCC(=O)NCC#Cc2cn([C@H]3CC(OCN=[N+]=[N-])[C@@H](COP(=O)(O)OP(=O)(O)OP(=O)(O)O)O3)c3ncnc(N)c23)c1)C(=O)c1ccccc1C1=c2cc3c(cc2Oc2cc4c(cc21)NCCN4CCCS(=O)(=O)O)=[N+](CCCS(=O)(=O)[O-])CCC3. The summed E-state index contributed by atoms with van der Waals surface area (Å²) in [5.74, 6) is 5.66. The lowest BCUT2D eigenvalue weighted by atomic mass is 9.87. The molecule has 6 aromatic rings. The van der Waals surface area contributed by atoms with E-state index in [2.05, 4.69) is 82.4 Å². The van der Waals surface area contributed by atoms with E-state index in [9.17, 15) is 78.9 Å². The van der Waals surface area contributed by atoms with Crippen molar-refractivity contribution in [2.75, 3.05) is 145 Å². The molecular weight excluding hydrogens is 1760 g/mol. The second kappa shape index (κ2) is 45.0. The summed E-state index contributed by atoms with van der Waals surface area (Å²) in [6.45, 7) is 0.689. The van der Waals surface area contributed by atoms with E-state index >= 15 is 0 Å². The predicted molar refractivity (Wildman–Crippen MR) is 446 cm³/mol. The number of rotatable bonds is 48. The van der Waals surface area contributed by atoms with Gasteiger partial charge in [-0.1, -0.05) is 67.9 Å².